The lowest BCUT2D eigenvalue weighted by Gasteiger charge is -2.10. The van der Waals surface area contributed by atoms with E-state index in [9.17, 15) is 24.8 Å². The molecule has 2 aromatic carbocycles. The molecule has 0 fully saturated rings. The molecule has 148 valence electrons. The number of aromatic hydroxyl groups is 1. The number of nitrogens with zero attached hydrogens (tertiary/aromatic N) is 1. The van der Waals surface area contributed by atoms with Gasteiger partial charge in [0.05, 0.1) is 4.92 Å². The van der Waals surface area contributed by atoms with E-state index < -0.39 is 4.92 Å². The number of non-ortho nitro benzene ring substituents is 1. The molecule has 0 heterocycles. The van der Waals surface area contributed by atoms with Crippen molar-refractivity contribution in [1.29, 1.82) is 0 Å². The summed E-state index contributed by atoms with van der Waals surface area (Å²) in [5, 5.41) is 28.6. The van der Waals surface area contributed by atoms with Crippen LogP contribution in [0.5, 0.6) is 5.75 Å². The van der Waals surface area contributed by atoms with Gasteiger partial charge in [-0.05, 0) is 37.6 Å². The smallest absolute Gasteiger partial charge is 0.315 e. The molecule has 0 unspecified atom stereocenters. The molecule has 0 atom stereocenters. The third-order valence-electron chi connectivity index (χ3n) is 3.80. The highest BCUT2D eigenvalue weighted by molar-refractivity contribution is 5.94. The normalized spacial score (nSPS) is 10.4. The molecule has 0 aliphatic heterocycles. The fourth-order valence-electron chi connectivity index (χ4n) is 2.37. The molecule has 3 amide bonds. The van der Waals surface area contributed by atoms with Gasteiger partial charge in [-0.15, -0.1) is 0 Å². The van der Waals surface area contributed by atoms with Gasteiger partial charge in [-0.1, -0.05) is 12.1 Å². The number of urea groups is 1. The molecule has 2 aromatic rings. The fraction of sp³-hybridized carbons (Fsp3) is 0.263. The van der Waals surface area contributed by atoms with Crippen LogP contribution in [0, 0.1) is 10.1 Å². The molecule has 28 heavy (non-hydrogen) atoms. The van der Waals surface area contributed by atoms with Crippen molar-refractivity contribution in [3.8, 4) is 5.75 Å². The number of nitro benzene ring substituents is 1. The van der Waals surface area contributed by atoms with Crippen molar-refractivity contribution in [2.75, 3.05) is 0 Å². The van der Waals surface area contributed by atoms with Crippen molar-refractivity contribution in [2.24, 2.45) is 0 Å². The molecule has 0 spiro atoms. The maximum Gasteiger partial charge on any atom is 0.315 e. The number of hydrogen-bond acceptors (Lipinski definition) is 5. The van der Waals surface area contributed by atoms with Gasteiger partial charge in [-0.2, -0.15) is 0 Å². The minimum absolute atomic E-state index is 0.0385. The number of hydrogen-bond donors (Lipinski definition) is 4. The number of amides is 3. The van der Waals surface area contributed by atoms with Crippen molar-refractivity contribution < 1.29 is 19.6 Å². The standard InChI is InChI=1S/C19H22N4O5/c1-12(2)22-19(26)21-10-13-3-5-14(6-4-13)18(25)20-11-15-9-16(23(27)28)7-8-17(15)24/h3-9,12,24H,10-11H2,1-2H3,(H,20,25)(H2,21,22,26). The summed E-state index contributed by atoms with van der Waals surface area (Å²) in [5.41, 5.74) is 1.30. The summed E-state index contributed by atoms with van der Waals surface area (Å²) in [6.07, 6.45) is 0. The van der Waals surface area contributed by atoms with E-state index >= 15 is 0 Å². The van der Waals surface area contributed by atoms with E-state index in [-0.39, 0.29) is 41.5 Å². The summed E-state index contributed by atoms with van der Waals surface area (Å²) in [4.78, 5) is 34.0. The lowest BCUT2D eigenvalue weighted by Crippen LogP contribution is -2.39. The molecule has 2 rings (SSSR count). The Morgan fingerprint density at radius 2 is 1.75 bits per heavy atom. The Morgan fingerprint density at radius 1 is 1.07 bits per heavy atom. The highest BCUT2D eigenvalue weighted by Gasteiger charge is 2.12. The third-order valence-corrected chi connectivity index (χ3v) is 3.80. The second kappa shape index (κ2) is 9.36. The summed E-state index contributed by atoms with van der Waals surface area (Å²) in [7, 11) is 0. The Morgan fingerprint density at radius 3 is 2.36 bits per heavy atom. The van der Waals surface area contributed by atoms with Crippen LogP contribution in [0.2, 0.25) is 0 Å². The predicted octanol–water partition coefficient (Wildman–Crippen LogP) is 2.44. The van der Waals surface area contributed by atoms with Crippen LogP contribution < -0.4 is 16.0 Å². The molecule has 0 saturated heterocycles. The van der Waals surface area contributed by atoms with Gasteiger partial charge >= 0.3 is 6.03 Å². The Kier molecular flexibility index (Phi) is 6.91. The highest BCUT2D eigenvalue weighted by Crippen LogP contribution is 2.22. The Hall–Kier alpha value is -3.62. The van der Waals surface area contributed by atoms with Crippen molar-refractivity contribution in [2.45, 2.75) is 33.0 Å². The van der Waals surface area contributed by atoms with E-state index in [4.69, 9.17) is 0 Å². The zero-order valence-corrected chi connectivity index (χ0v) is 15.6. The number of benzene rings is 2. The van der Waals surface area contributed by atoms with Gasteiger partial charge in [0, 0.05) is 42.4 Å². The van der Waals surface area contributed by atoms with Gasteiger partial charge in [0.15, 0.2) is 0 Å². The minimum atomic E-state index is -0.570. The molecule has 0 aliphatic carbocycles. The van der Waals surface area contributed by atoms with Crippen molar-refractivity contribution in [3.05, 3.63) is 69.3 Å². The first kappa shape index (κ1) is 20.7. The zero-order valence-electron chi connectivity index (χ0n) is 15.6. The monoisotopic (exact) mass is 386 g/mol. The van der Waals surface area contributed by atoms with Gasteiger partial charge in [-0.3, -0.25) is 14.9 Å². The van der Waals surface area contributed by atoms with Crippen LogP contribution in [0.15, 0.2) is 42.5 Å². The first-order valence-corrected chi connectivity index (χ1v) is 8.64. The van der Waals surface area contributed by atoms with Crippen LogP contribution in [0.25, 0.3) is 0 Å². The highest BCUT2D eigenvalue weighted by atomic mass is 16.6. The lowest BCUT2D eigenvalue weighted by molar-refractivity contribution is -0.384. The molecule has 9 heteroatoms. The lowest BCUT2D eigenvalue weighted by atomic mass is 10.1. The molecular weight excluding hydrogens is 364 g/mol. The van der Waals surface area contributed by atoms with Crippen LogP contribution in [0.4, 0.5) is 10.5 Å². The predicted molar refractivity (Wildman–Crippen MR) is 103 cm³/mol. The Balaban J connectivity index is 1.92. The second-order valence-electron chi connectivity index (χ2n) is 6.43. The Bertz CT molecular complexity index is 865. The molecule has 0 bridgehead atoms. The summed E-state index contributed by atoms with van der Waals surface area (Å²) < 4.78 is 0. The molecule has 0 aromatic heterocycles. The van der Waals surface area contributed by atoms with E-state index in [1.54, 1.807) is 24.3 Å². The summed E-state index contributed by atoms with van der Waals surface area (Å²) in [5.74, 6) is -0.519. The SMILES string of the molecule is CC(C)NC(=O)NCc1ccc(C(=O)NCc2cc([N+](=O)[O-])ccc2O)cc1. The molecular formula is C19H22N4O5. The van der Waals surface area contributed by atoms with Crippen LogP contribution in [-0.2, 0) is 13.1 Å². The molecule has 0 saturated carbocycles. The van der Waals surface area contributed by atoms with Gasteiger partial charge in [0.2, 0.25) is 0 Å². The first-order chi connectivity index (χ1) is 13.3. The average molecular weight is 386 g/mol. The van der Waals surface area contributed by atoms with E-state index in [1.807, 2.05) is 13.8 Å². The number of carbonyl (C=O) groups is 2. The molecule has 0 aliphatic rings. The minimum Gasteiger partial charge on any atom is -0.508 e. The van der Waals surface area contributed by atoms with E-state index in [0.29, 0.717) is 12.1 Å². The van der Waals surface area contributed by atoms with Crippen LogP contribution in [-0.4, -0.2) is 28.0 Å². The number of phenols is 1. The molecule has 9 nitrogen and oxygen atoms in total. The summed E-state index contributed by atoms with van der Waals surface area (Å²) in [6.45, 7) is 3.99. The number of carbonyl (C=O) groups excluding carboxylic acids is 2. The van der Waals surface area contributed by atoms with Crippen LogP contribution >= 0.6 is 0 Å². The first-order valence-electron chi connectivity index (χ1n) is 8.64. The molecule has 0 radical (unpaired) electrons. The summed E-state index contributed by atoms with van der Waals surface area (Å²) in [6, 6.07) is 10.0. The van der Waals surface area contributed by atoms with Gasteiger partial charge < -0.3 is 21.1 Å². The largest absolute Gasteiger partial charge is 0.508 e. The maximum absolute atomic E-state index is 12.2. The van der Waals surface area contributed by atoms with Crippen LogP contribution in [0.3, 0.4) is 0 Å². The topological polar surface area (TPSA) is 134 Å². The third kappa shape index (κ3) is 5.97. The molecule has 4 N–H and O–H groups in total. The Labute approximate surface area is 161 Å². The van der Waals surface area contributed by atoms with E-state index in [2.05, 4.69) is 16.0 Å². The van der Waals surface area contributed by atoms with Crippen molar-refractivity contribution in [3.63, 3.8) is 0 Å². The van der Waals surface area contributed by atoms with Gasteiger partial charge in [0.25, 0.3) is 11.6 Å². The number of nitrogens with one attached hydrogen (secondary N) is 3. The fourth-order valence-corrected chi connectivity index (χ4v) is 2.37. The van der Waals surface area contributed by atoms with Gasteiger partial charge in [-0.25, -0.2) is 4.79 Å². The number of rotatable bonds is 7. The zero-order chi connectivity index (χ0) is 20.7. The van der Waals surface area contributed by atoms with Crippen LogP contribution in [0.1, 0.15) is 35.3 Å². The summed E-state index contributed by atoms with van der Waals surface area (Å²) >= 11 is 0. The average Bonchev–Trinajstić information content (AvgIpc) is 2.65. The maximum atomic E-state index is 12.2. The van der Waals surface area contributed by atoms with Gasteiger partial charge in [0.1, 0.15) is 5.75 Å². The van der Waals surface area contributed by atoms with Crippen molar-refractivity contribution >= 4 is 17.6 Å². The van der Waals surface area contributed by atoms with E-state index in [1.165, 1.54) is 18.2 Å². The number of nitro groups is 1. The van der Waals surface area contributed by atoms with Crippen molar-refractivity contribution in [1.82, 2.24) is 16.0 Å². The number of phenolic OH excluding ortho intramolecular Hbond substituents is 1. The quantitative estimate of drug-likeness (QED) is 0.428. The van der Waals surface area contributed by atoms with E-state index in [0.717, 1.165) is 5.56 Å². The second-order valence-corrected chi connectivity index (χ2v) is 6.43.